The van der Waals surface area contributed by atoms with E-state index in [9.17, 15) is 4.79 Å². The lowest BCUT2D eigenvalue weighted by Gasteiger charge is -2.09. The number of ketones is 1. The fraction of sp³-hybridized carbons (Fsp3) is 0.278. The van der Waals surface area contributed by atoms with Gasteiger partial charge in [0.1, 0.15) is 0 Å². The molecule has 0 atom stereocenters. The molecule has 0 aliphatic rings. The minimum atomic E-state index is 0.108. The highest BCUT2D eigenvalue weighted by Gasteiger charge is 2.12. The maximum atomic E-state index is 12.5. The summed E-state index contributed by atoms with van der Waals surface area (Å²) in [7, 11) is 0. The normalized spacial score (nSPS) is 10.8. The number of rotatable bonds is 3. The van der Waals surface area contributed by atoms with Crippen LogP contribution in [0.3, 0.4) is 0 Å². The van der Waals surface area contributed by atoms with E-state index in [1.807, 2.05) is 56.3 Å². The minimum absolute atomic E-state index is 0.108. The second-order valence-corrected chi connectivity index (χ2v) is 5.35. The van der Waals surface area contributed by atoms with Crippen molar-refractivity contribution in [2.24, 2.45) is 0 Å². The first kappa shape index (κ1) is 13.5. The van der Waals surface area contributed by atoms with Crippen LogP contribution in [0.4, 0.5) is 0 Å². The Morgan fingerprint density at radius 3 is 2.16 bits per heavy atom. The quantitative estimate of drug-likeness (QED) is 0.726. The van der Waals surface area contributed by atoms with E-state index in [-0.39, 0.29) is 5.78 Å². The molecule has 0 radical (unpaired) electrons. The summed E-state index contributed by atoms with van der Waals surface area (Å²) >= 11 is 0. The van der Waals surface area contributed by atoms with E-state index in [0.29, 0.717) is 5.92 Å². The molecular formula is C18H20O. The second kappa shape index (κ2) is 5.40. The molecule has 0 heterocycles. The lowest BCUT2D eigenvalue weighted by molar-refractivity contribution is 0.103. The molecule has 0 amide bonds. The van der Waals surface area contributed by atoms with Gasteiger partial charge in [-0.2, -0.15) is 0 Å². The maximum absolute atomic E-state index is 12.5. The van der Waals surface area contributed by atoms with E-state index < -0.39 is 0 Å². The molecule has 0 unspecified atom stereocenters. The summed E-state index contributed by atoms with van der Waals surface area (Å²) in [4.78, 5) is 12.5. The summed E-state index contributed by atoms with van der Waals surface area (Å²) in [5, 5.41) is 0. The first-order chi connectivity index (χ1) is 9.00. The van der Waals surface area contributed by atoms with Crippen molar-refractivity contribution in [2.45, 2.75) is 33.6 Å². The van der Waals surface area contributed by atoms with Crippen LogP contribution in [0.25, 0.3) is 0 Å². The number of aryl methyl sites for hydroxylation is 1. The third-order valence-corrected chi connectivity index (χ3v) is 3.69. The molecule has 2 rings (SSSR count). The molecule has 0 spiro atoms. The van der Waals surface area contributed by atoms with Gasteiger partial charge in [0.2, 0.25) is 0 Å². The monoisotopic (exact) mass is 252 g/mol. The van der Waals surface area contributed by atoms with Crippen LogP contribution in [0, 0.1) is 13.8 Å². The van der Waals surface area contributed by atoms with Crippen LogP contribution in [0.5, 0.6) is 0 Å². The Morgan fingerprint density at radius 1 is 0.947 bits per heavy atom. The summed E-state index contributed by atoms with van der Waals surface area (Å²) in [6, 6.07) is 13.8. The summed E-state index contributed by atoms with van der Waals surface area (Å²) in [6.07, 6.45) is 0. The first-order valence-electron chi connectivity index (χ1n) is 6.71. The van der Waals surface area contributed by atoms with Gasteiger partial charge in [0, 0.05) is 11.1 Å². The van der Waals surface area contributed by atoms with E-state index in [1.165, 1.54) is 5.56 Å². The molecular weight excluding hydrogens is 232 g/mol. The number of hydrogen-bond donors (Lipinski definition) is 0. The van der Waals surface area contributed by atoms with E-state index in [4.69, 9.17) is 0 Å². The lowest BCUT2D eigenvalue weighted by Crippen LogP contribution is -2.05. The van der Waals surface area contributed by atoms with Crippen molar-refractivity contribution < 1.29 is 4.79 Å². The Labute approximate surface area is 115 Å². The molecule has 98 valence electrons. The molecule has 0 bridgehead atoms. The molecule has 19 heavy (non-hydrogen) atoms. The van der Waals surface area contributed by atoms with E-state index in [1.54, 1.807) is 0 Å². The van der Waals surface area contributed by atoms with Crippen molar-refractivity contribution in [3.8, 4) is 0 Å². The van der Waals surface area contributed by atoms with Crippen molar-refractivity contribution in [2.75, 3.05) is 0 Å². The zero-order chi connectivity index (χ0) is 14.0. The van der Waals surface area contributed by atoms with Gasteiger partial charge >= 0.3 is 0 Å². The fourth-order valence-electron chi connectivity index (χ4n) is 2.17. The number of benzene rings is 2. The Kier molecular flexibility index (Phi) is 3.84. The van der Waals surface area contributed by atoms with Crippen LogP contribution in [-0.4, -0.2) is 5.78 Å². The molecule has 0 aliphatic carbocycles. The second-order valence-electron chi connectivity index (χ2n) is 5.35. The molecule has 2 aromatic carbocycles. The highest BCUT2D eigenvalue weighted by atomic mass is 16.1. The van der Waals surface area contributed by atoms with Crippen molar-refractivity contribution >= 4 is 5.78 Å². The molecule has 0 saturated carbocycles. The highest BCUT2D eigenvalue weighted by molar-refractivity contribution is 6.10. The third kappa shape index (κ3) is 2.76. The minimum Gasteiger partial charge on any atom is -0.289 e. The zero-order valence-corrected chi connectivity index (χ0v) is 12.0. The van der Waals surface area contributed by atoms with Crippen molar-refractivity contribution in [3.63, 3.8) is 0 Å². The Balaban J connectivity index is 2.36. The van der Waals surface area contributed by atoms with Crippen LogP contribution in [-0.2, 0) is 0 Å². The molecule has 0 aliphatic heterocycles. The molecule has 0 saturated heterocycles. The Morgan fingerprint density at radius 2 is 1.58 bits per heavy atom. The summed E-state index contributed by atoms with van der Waals surface area (Å²) in [6.45, 7) is 8.35. The van der Waals surface area contributed by atoms with Crippen LogP contribution in [0.1, 0.15) is 52.4 Å². The highest BCUT2D eigenvalue weighted by Crippen LogP contribution is 2.19. The Hall–Kier alpha value is -1.89. The molecule has 0 N–H and O–H groups in total. The predicted molar refractivity (Wildman–Crippen MR) is 79.9 cm³/mol. The number of hydrogen-bond acceptors (Lipinski definition) is 1. The van der Waals surface area contributed by atoms with Gasteiger partial charge in [-0.1, -0.05) is 56.3 Å². The summed E-state index contributed by atoms with van der Waals surface area (Å²) in [5.74, 6) is 0.598. The van der Waals surface area contributed by atoms with Crippen molar-refractivity contribution in [1.82, 2.24) is 0 Å². The van der Waals surface area contributed by atoms with E-state index in [0.717, 1.165) is 22.3 Å². The zero-order valence-electron chi connectivity index (χ0n) is 12.0. The van der Waals surface area contributed by atoms with Crippen LogP contribution < -0.4 is 0 Å². The van der Waals surface area contributed by atoms with Gasteiger partial charge in [-0.3, -0.25) is 4.79 Å². The predicted octanol–water partition coefficient (Wildman–Crippen LogP) is 4.66. The SMILES string of the molecule is Cc1cccc(C(=O)c2ccc(C(C)C)cc2)c1C. The molecule has 2 aromatic rings. The number of carbonyl (C=O) groups is 1. The van der Waals surface area contributed by atoms with Gasteiger partial charge in [-0.05, 0) is 36.5 Å². The standard InChI is InChI=1S/C18H20O/c1-12(2)15-8-10-16(11-9-15)18(19)17-7-5-6-13(3)14(17)4/h5-12H,1-4H3. The van der Waals surface area contributed by atoms with Gasteiger partial charge in [0.15, 0.2) is 5.78 Å². The van der Waals surface area contributed by atoms with Gasteiger partial charge < -0.3 is 0 Å². The largest absolute Gasteiger partial charge is 0.289 e. The van der Waals surface area contributed by atoms with Crippen LogP contribution >= 0.6 is 0 Å². The van der Waals surface area contributed by atoms with E-state index in [2.05, 4.69) is 13.8 Å². The topological polar surface area (TPSA) is 17.1 Å². The average Bonchev–Trinajstić information content (AvgIpc) is 2.41. The molecule has 0 aromatic heterocycles. The van der Waals surface area contributed by atoms with Crippen LogP contribution in [0.2, 0.25) is 0 Å². The number of carbonyl (C=O) groups excluding carboxylic acids is 1. The summed E-state index contributed by atoms with van der Waals surface area (Å²) < 4.78 is 0. The van der Waals surface area contributed by atoms with Gasteiger partial charge in [0.05, 0.1) is 0 Å². The molecule has 1 nitrogen and oxygen atoms in total. The smallest absolute Gasteiger partial charge is 0.193 e. The van der Waals surface area contributed by atoms with Crippen molar-refractivity contribution in [3.05, 3.63) is 70.3 Å². The molecule has 1 heteroatoms. The maximum Gasteiger partial charge on any atom is 0.193 e. The van der Waals surface area contributed by atoms with Gasteiger partial charge in [0.25, 0.3) is 0 Å². The Bertz CT molecular complexity index is 592. The summed E-state index contributed by atoms with van der Waals surface area (Å²) in [5.41, 5.74) is 5.05. The third-order valence-electron chi connectivity index (χ3n) is 3.69. The van der Waals surface area contributed by atoms with Crippen molar-refractivity contribution in [1.29, 1.82) is 0 Å². The first-order valence-corrected chi connectivity index (χ1v) is 6.71. The van der Waals surface area contributed by atoms with E-state index >= 15 is 0 Å². The van der Waals surface area contributed by atoms with Gasteiger partial charge in [-0.25, -0.2) is 0 Å². The fourth-order valence-corrected chi connectivity index (χ4v) is 2.17. The lowest BCUT2D eigenvalue weighted by atomic mass is 9.94. The average molecular weight is 252 g/mol. The molecule has 0 fully saturated rings. The van der Waals surface area contributed by atoms with Gasteiger partial charge in [-0.15, -0.1) is 0 Å². The van der Waals surface area contributed by atoms with Crippen LogP contribution in [0.15, 0.2) is 42.5 Å².